The number of fused-ring (bicyclic) bond motifs is 1. The van der Waals surface area contributed by atoms with Gasteiger partial charge in [0, 0.05) is 42.8 Å². The summed E-state index contributed by atoms with van der Waals surface area (Å²) in [6, 6.07) is 13.8. The van der Waals surface area contributed by atoms with Gasteiger partial charge in [0.25, 0.3) is 5.91 Å². The molecule has 3 aromatic rings. The molecule has 1 amide bonds. The number of amides is 1. The summed E-state index contributed by atoms with van der Waals surface area (Å²) in [7, 11) is -3.73. The Balaban J connectivity index is 1.57. The lowest BCUT2D eigenvalue weighted by Gasteiger charge is -2.39. The number of carbonyl (C=O) groups excluding carboxylic acids is 1. The number of aryl methyl sites for hydroxylation is 2. The quantitative estimate of drug-likeness (QED) is 0.613. The van der Waals surface area contributed by atoms with Gasteiger partial charge in [-0.2, -0.15) is 9.57 Å². The van der Waals surface area contributed by atoms with E-state index in [1.54, 1.807) is 24.1 Å². The molecular weight excluding hydrogens is 424 g/mol. The van der Waals surface area contributed by atoms with Crippen LogP contribution in [0.1, 0.15) is 34.0 Å². The van der Waals surface area contributed by atoms with E-state index in [4.69, 9.17) is 5.26 Å². The smallest absolute Gasteiger partial charge is 0.254 e. The van der Waals surface area contributed by atoms with Crippen LogP contribution in [-0.4, -0.2) is 54.2 Å². The van der Waals surface area contributed by atoms with Crippen molar-refractivity contribution in [2.75, 3.05) is 19.6 Å². The molecule has 4 rings (SSSR count). The highest BCUT2D eigenvalue weighted by atomic mass is 32.2. The first kappa shape index (κ1) is 21.9. The first-order chi connectivity index (χ1) is 15.2. The highest BCUT2D eigenvalue weighted by Gasteiger charge is 2.35. The fourth-order valence-corrected chi connectivity index (χ4v) is 5.99. The molecule has 8 heteroatoms. The Morgan fingerprint density at radius 3 is 2.62 bits per heavy atom. The molecule has 0 spiro atoms. The standard InChI is InChI=1S/C24H24N4O3S/c1-16-13-19(14-25)6-9-22(16)32(30,31)27-11-12-28(17(2)15-27)24(29)21-8-7-20-5-4-10-26-23(20)18(21)3/h4-10,13,17H,11-12,15H2,1-3H3/t17-/m0/s1. The molecule has 1 atom stereocenters. The van der Waals surface area contributed by atoms with E-state index in [0.717, 1.165) is 16.5 Å². The van der Waals surface area contributed by atoms with Crippen molar-refractivity contribution >= 4 is 26.8 Å². The first-order valence-corrected chi connectivity index (χ1v) is 11.8. The number of aromatic nitrogens is 1. The van der Waals surface area contributed by atoms with Gasteiger partial charge in [-0.05, 0) is 62.2 Å². The monoisotopic (exact) mass is 448 g/mol. The number of benzene rings is 2. The number of piperazine rings is 1. The van der Waals surface area contributed by atoms with Crippen LogP contribution in [0, 0.1) is 25.2 Å². The van der Waals surface area contributed by atoms with Crippen LogP contribution in [0.2, 0.25) is 0 Å². The molecule has 1 aliphatic heterocycles. The molecule has 1 fully saturated rings. The fourth-order valence-electron chi connectivity index (χ4n) is 4.27. The summed E-state index contributed by atoms with van der Waals surface area (Å²) in [5.41, 5.74) is 3.16. The van der Waals surface area contributed by atoms with Crippen molar-refractivity contribution in [1.29, 1.82) is 5.26 Å². The third-order valence-corrected chi connectivity index (χ3v) is 8.06. The lowest BCUT2D eigenvalue weighted by atomic mass is 10.0. The lowest BCUT2D eigenvalue weighted by molar-refractivity contribution is 0.0591. The van der Waals surface area contributed by atoms with Crippen molar-refractivity contribution in [3.8, 4) is 6.07 Å². The largest absolute Gasteiger partial charge is 0.333 e. The molecule has 1 saturated heterocycles. The van der Waals surface area contributed by atoms with Gasteiger partial charge in [0.1, 0.15) is 0 Å². The zero-order chi connectivity index (χ0) is 23.0. The second-order valence-electron chi connectivity index (χ2n) is 8.12. The second-order valence-corrected chi connectivity index (χ2v) is 10.0. The number of pyridine rings is 1. The molecule has 0 saturated carbocycles. The number of nitrogens with zero attached hydrogens (tertiary/aromatic N) is 4. The van der Waals surface area contributed by atoms with Crippen molar-refractivity contribution in [3.63, 3.8) is 0 Å². The number of sulfonamides is 1. The minimum Gasteiger partial charge on any atom is -0.333 e. The number of hydrogen-bond donors (Lipinski definition) is 0. The SMILES string of the molecule is Cc1cc(C#N)ccc1S(=O)(=O)N1CCN(C(=O)c2ccc3cccnc3c2C)[C@@H](C)C1. The Labute approximate surface area is 188 Å². The minimum atomic E-state index is -3.73. The van der Waals surface area contributed by atoms with Gasteiger partial charge < -0.3 is 4.90 Å². The third kappa shape index (κ3) is 3.74. The van der Waals surface area contributed by atoms with E-state index in [2.05, 4.69) is 4.98 Å². The zero-order valence-corrected chi connectivity index (χ0v) is 19.1. The summed E-state index contributed by atoms with van der Waals surface area (Å²) in [4.78, 5) is 19.7. The maximum Gasteiger partial charge on any atom is 0.254 e. The highest BCUT2D eigenvalue weighted by Crippen LogP contribution is 2.26. The van der Waals surface area contributed by atoms with Gasteiger partial charge in [0.15, 0.2) is 0 Å². The van der Waals surface area contributed by atoms with E-state index in [-0.39, 0.29) is 29.9 Å². The van der Waals surface area contributed by atoms with Crippen LogP contribution >= 0.6 is 0 Å². The van der Waals surface area contributed by atoms with Crippen LogP contribution in [-0.2, 0) is 10.0 Å². The van der Waals surface area contributed by atoms with Gasteiger partial charge in [0.2, 0.25) is 10.0 Å². The Morgan fingerprint density at radius 2 is 1.94 bits per heavy atom. The summed E-state index contributed by atoms with van der Waals surface area (Å²) < 4.78 is 27.9. The van der Waals surface area contributed by atoms with E-state index >= 15 is 0 Å². The minimum absolute atomic E-state index is 0.117. The average molecular weight is 449 g/mol. The summed E-state index contributed by atoms with van der Waals surface area (Å²) in [5.74, 6) is -0.117. The summed E-state index contributed by atoms with van der Waals surface area (Å²) in [6.45, 7) is 6.16. The average Bonchev–Trinajstić information content (AvgIpc) is 2.78. The number of rotatable bonds is 3. The predicted molar refractivity (Wildman–Crippen MR) is 122 cm³/mol. The Morgan fingerprint density at radius 1 is 1.16 bits per heavy atom. The number of nitriles is 1. The lowest BCUT2D eigenvalue weighted by Crippen LogP contribution is -2.55. The van der Waals surface area contributed by atoms with Gasteiger partial charge in [0.05, 0.1) is 22.0 Å². The van der Waals surface area contributed by atoms with Crippen LogP contribution in [0.25, 0.3) is 10.9 Å². The maximum absolute atomic E-state index is 13.3. The van der Waals surface area contributed by atoms with Crippen molar-refractivity contribution in [2.45, 2.75) is 31.7 Å². The molecule has 1 aromatic heterocycles. The molecule has 164 valence electrons. The van der Waals surface area contributed by atoms with Gasteiger partial charge in [-0.25, -0.2) is 8.42 Å². The van der Waals surface area contributed by atoms with Gasteiger partial charge in [-0.15, -0.1) is 0 Å². The van der Waals surface area contributed by atoms with Crippen molar-refractivity contribution < 1.29 is 13.2 Å². The van der Waals surface area contributed by atoms with Gasteiger partial charge in [-0.1, -0.05) is 12.1 Å². The van der Waals surface area contributed by atoms with E-state index in [1.807, 2.05) is 44.2 Å². The zero-order valence-electron chi connectivity index (χ0n) is 18.2. The fraction of sp³-hybridized carbons (Fsp3) is 0.292. The van der Waals surface area contributed by atoms with E-state index in [0.29, 0.717) is 23.2 Å². The van der Waals surface area contributed by atoms with Crippen molar-refractivity contribution in [3.05, 3.63) is 70.9 Å². The Bertz CT molecular complexity index is 1360. The Kier molecular flexibility index (Phi) is 5.71. The molecule has 2 heterocycles. The number of hydrogen-bond acceptors (Lipinski definition) is 5. The van der Waals surface area contributed by atoms with Crippen LogP contribution < -0.4 is 0 Å². The molecule has 0 aliphatic carbocycles. The van der Waals surface area contributed by atoms with Crippen LogP contribution in [0.4, 0.5) is 0 Å². The molecular formula is C24H24N4O3S. The maximum atomic E-state index is 13.3. The van der Waals surface area contributed by atoms with Crippen LogP contribution in [0.3, 0.4) is 0 Å². The van der Waals surface area contributed by atoms with Crippen molar-refractivity contribution in [2.24, 2.45) is 0 Å². The summed E-state index contributed by atoms with van der Waals surface area (Å²) >= 11 is 0. The normalized spacial score (nSPS) is 17.3. The van der Waals surface area contributed by atoms with Gasteiger partial charge >= 0.3 is 0 Å². The molecule has 32 heavy (non-hydrogen) atoms. The van der Waals surface area contributed by atoms with E-state index in [1.165, 1.54) is 16.4 Å². The molecule has 2 aromatic carbocycles. The summed E-state index contributed by atoms with van der Waals surface area (Å²) in [6.07, 6.45) is 1.71. The molecule has 1 aliphatic rings. The molecule has 7 nitrogen and oxygen atoms in total. The molecule has 0 bridgehead atoms. The molecule has 0 radical (unpaired) electrons. The topological polar surface area (TPSA) is 94.4 Å². The molecule has 0 unspecified atom stereocenters. The second kappa shape index (κ2) is 8.34. The first-order valence-electron chi connectivity index (χ1n) is 10.4. The van der Waals surface area contributed by atoms with E-state index < -0.39 is 10.0 Å². The summed E-state index contributed by atoms with van der Waals surface area (Å²) in [5, 5.41) is 10.0. The van der Waals surface area contributed by atoms with Gasteiger partial charge in [-0.3, -0.25) is 9.78 Å². The van der Waals surface area contributed by atoms with Crippen molar-refractivity contribution in [1.82, 2.24) is 14.2 Å². The molecule has 0 N–H and O–H groups in total. The number of carbonyl (C=O) groups is 1. The van der Waals surface area contributed by atoms with Crippen LogP contribution in [0.5, 0.6) is 0 Å². The third-order valence-electron chi connectivity index (χ3n) is 6.03. The highest BCUT2D eigenvalue weighted by molar-refractivity contribution is 7.89. The van der Waals surface area contributed by atoms with Crippen LogP contribution in [0.15, 0.2) is 53.6 Å². The van der Waals surface area contributed by atoms with E-state index in [9.17, 15) is 13.2 Å². The predicted octanol–water partition coefficient (Wildman–Crippen LogP) is 3.26. The Hall–Kier alpha value is -3.28.